The van der Waals surface area contributed by atoms with Gasteiger partial charge in [-0.15, -0.1) is 0 Å². The number of hydrogen-bond donors (Lipinski definition) is 3. The molecule has 0 bridgehead atoms. The van der Waals surface area contributed by atoms with Crippen molar-refractivity contribution in [3.05, 3.63) is 29.8 Å². The van der Waals surface area contributed by atoms with Gasteiger partial charge in [0.2, 0.25) is 0 Å². The van der Waals surface area contributed by atoms with E-state index in [1.165, 1.54) is 6.07 Å². The first kappa shape index (κ1) is 25.0. The van der Waals surface area contributed by atoms with Crippen molar-refractivity contribution in [1.82, 2.24) is 15.1 Å². The maximum atomic E-state index is 13.1. The number of hydrogen-bond acceptors (Lipinski definition) is 7. The van der Waals surface area contributed by atoms with Gasteiger partial charge in [-0.05, 0) is 18.2 Å². The summed E-state index contributed by atoms with van der Waals surface area (Å²) in [5.41, 5.74) is -0.186. The smallest absolute Gasteiger partial charge is 0.394 e. The maximum absolute atomic E-state index is 13.1. The zero-order valence-corrected chi connectivity index (χ0v) is 18.8. The van der Waals surface area contributed by atoms with E-state index in [1.54, 1.807) is 11.0 Å². The summed E-state index contributed by atoms with van der Waals surface area (Å²) in [6, 6.07) is 4.57. The molecule has 3 aliphatic rings. The third kappa shape index (κ3) is 5.57. The Morgan fingerprint density at radius 1 is 1.09 bits per heavy atom. The van der Waals surface area contributed by atoms with Crippen LogP contribution in [0, 0.1) is 0 Å². The van der Waals surface area contributed by atoms with Gasteiger partial charge < -0.3 is 34.8 Å². The molecule has 4 atom stereocenters. The van der Waals surface area contributed by atoms with Gasteiger partial charge >= 0.3 is 12.2 Å². The Labute approximate surface area is 196 Å². The minimum Gasteiger partial charge on any atom is -0.394 e. The Morgan fingerprint density at radius 3 is 2.44 bits per heavy atom. The molecule has 0 spiro atoms. The number of benzene rings is 1. The molecule has 0 unspecified atom stereocenters. The summed E-state index contributed by atoms with van der Waals surface area (Å²) in [4.78, 5) is 18.0. The normalized spacial score (nSPS) is 28.9. The maximum Gasteiger partial charge on any atom is 0.416 e. The average Bonchev–Trinajstić information content (AvgIpc) is 3.17. The van der Waals surface area contributed by atoms with Gasteiger partial charge in [0.1, 0.15) is 12.2 Å². The van der Waals surface area contributed by atoms with Gasteiger partial charge in [-0.3, -0.25) is 4.90 Å². The van der Waals surface area contributed by atoms with Crippen LogP contribution in [0.4, 0.5) is 23.7 Å². The lowest BCUT2D eigenvalue weighted by molar-refractivity contribution is -0.137. The van der Waals surface area contributed by atoms with Crippen LogP contribution in [0.25, 0.3) is 0 Å². The Bertz CT molecular complexity index is 831. The van der Waals surface area contributed by atoms with Crippen molar-refractivity contribution in [2.24, 2.45) is 0 Å². The molecule has 3 fully saturated rings. The Kier molecular flexibility index (Phi) is 7.83. The highest BCUT2D eigenvalue weighted by molar-refractivity contribution is 5.74. The molecule has 3 heterocycles. The molecule has 4 rings (SSSR count). The minimum absolute atomic E-state index is 0.169. The van der Waals surface area contributed by atoms with Gasteiger partial charge in [0.05, 0.1) is 37.5 Å². The van der Waals surface area contributed by atoms with Crippen LogP contribution in [0.1, 0.15) is 5.56 Å². The molecule has 0 aromatic heterocycles. The average molecular weight is 489 g/mol. The number of nitrogens with one attached hydrogen (secondary N) is 1. The second-order valence-electron chi connectivity index (χ2n) is 8.73. The van der Waals surface area contributed by atoms with Crippen LogP contribution in [-0.4, -0.2) is 116 Å². The van der Waals surface area contributed by atoms with Gasteiger partial charge in [-0.25, -0.2) is 4.79 Å². The molecular weight excluding hydrogens is 457 g/mol. The number of carbonyl (C=O) groups excluding carboxylic acids is 1. The molecule has 2 amide bonds. The van der Waals surface area contributed by atoms with Gasteiger partial charge in [-0.2, -0.15) is 13.2 Å². The summed E-state index contributed by atoms with van der Waals surface area (Å²) in [5, 5.41) is 23.3. The summed E-state index contributed by atoms with van der Waals surface area (Å²) in [5.74, 6) is 0. The fraction of sp³-hybridized carbons (Fsp3) is 0.682. The quantitative estimate of drug-likeness (QED) is 0.551. The largest absolute Gasteiger partial charge is 0.416 e. The molecule has 9 nitrogen and oxygen atoms in total. The van der Waals surface area contributed by atoms with E-state index in [0.29, 0.717) is 58.2 Å². The Hall–Kier alpha value is -2.12. The lowest BCUT2D eigenvalue weighted by atomic mass is 10.0. The van der Waals surface area contributed by atoms with E-state index < -0.39 is 36.1 Å². The molecule has 1 aromatic carbocycles. The number of urea groups is 1. The number of carbonyl (C=O) groups is 1. The molecule has 3 saturated heterocycles. The molecule has 0 saturated carbocycles. The van der Waals surface area contributed by atoms with E-state index in [-0.39, 0.29) is 19.2 Å². The zero-order chi connectivity index (χ0) is 24.3. The van der Waals surface area contributed by atoms with Crippen molar-refractivity contribution < 1.29 is 37.7 Å². The number of aliphatic hydroxyl groups is 2. The fourth-order valence-electron chi connectivity index (χ4n) is 4.82. The van der Waals surface area contributed by atoms with Crippen LogP contribution in [0.3, 0.4) is 0 Å². The SMILES string of the molecule is O=C(NC[C@H]1O[C@@H](CO)[C@@H](O)[C@H]1N1CCN(c2cccc(C(F)(F)F)c2)CC1)N1CCOCC1. The number of piperazine rings is 1. The molecule has 0 aliphatic carbocycles. The van der Waals surface area contributed by atoms with E-state index in [1.807, 2.05) is 9.80 Å². The number of anilines is 1. The van der Waals surface area contributed by atoms with E-state index in [4.69, 9.17) is 9.47 Å². The summed E-state index contributed by atoms with van der Waals surface area (Å²) in [7, 11) is 0. The van der Waals surface area contributed by atoms with Crippen LogP contribution in [0.2, 0.25) is 0 Å². The van der Waals surface area contributed by atoms with Crippen molar-refractivity contribution in [2.45, 2.75) is 30.5 Å². The van der Waals surface area contributed by atoms with Crippen LogP contribution >= 0.6 is 0 Å². The highest BCUT2D eigenvalue weighted by Crippen LogP contribution is 2.32. The summed E-state index contributed by atoms with van der Waals surface area (Å²) < 4.78 is 50.3. The topological polar surface area (TPSA) is 97.7 Å². The number of morpholine rings is 1. The van der Waals surface area contributed by atoms with Crippen molar-refractivity contribution in [2.75, 3.05) is 70.5 Å². The van der Waals surface area contributed by atoms with Crippen molar-refractivity contribution in [3.63, 3.8) is 0 Å². The second-order valence-corrected chi connectivity index (χ2v) is 8.73. The number of halogens is 3. The zero-order valence-electron chi connectivity index (χ0n) is 18.8. The Balaban J connectivity index is 1.37. The molecule has 1 aromatic rings. The molecule has 0 radical (unpaired) electrons. The van der Waals surface area contributed by atoms with Gasteiger partial charge in [0.25, 0.3) is 0 Å². The summed E-state index contributed by atoms with van der Waals surface area (Å²) >= 11 is 0. The van der Waals surface area contributed by atoms with Gasteiger partial charge in [0, 0.05) is 51.5 Å². The standard InChI is InChI=1S/C22H31F3N4O5/c23-22(24,25)15-2-1-3-16(12-15)27-4-6-28(7-5-27)19-17(34-18(14-30)20(19)31)13-26-21(32)29-8-10-33-11-9-29/h1-3,12,17-20,30-31H,4-11,13-14H2,(H,26,32)/t17-,18+,19+,20-/m1/s1. The van der Waals surface area contributed by atoms with Crippen LogP contribution < -0.4 is 10.2 Å². The predicted molar refractivity (Wildman–Crippen MR) is 117 cm³/mol. The van der Waals surface area contributed by atoms with Crippen molar-refractivity contribution in [1.29, 1.82) is 0 Å². The van der Waals surface area contributed by atoms with Crippen molar-refractivity contribution in [3.8, 4) is 0 Å². The molecule has 190 valence electrons. The van der Waals surface area contributed by atoms with E-state index >= 15 is 0 Å². The van der Waals surface area contributed by atoms with Crippen LogP contribution in [0.5, 0.6) is 0 Å². The van der Waals surface area contributed by atoms with E-state index in [9.17, 15) is 28.2 Å². The number of aliphatic hydroxyl groups excluding tert-OH is 2. The first-order valence-corrected chi connectivity index (χ1v) is 11.5. The third-order valence-corrected chi connectivity index (χ3v) is 6.67. The first-order valence-electron chi connectivity index (χ1n) is 11.5. The molecular formula is C22H31F3N4O5. The molecule has 12 heteroatoms. The molecule has 3 N–H and O–H groups in total. The highest BCUT2D eigenvalue weighted by Gasteiger charge is 2.47. The summed E-state index contributed by atoms with van der Waals surface area (Å²) in [6.07, 6.45) is -6.65. The number of nitrogens with zero attached hydrogens (tertiary/aromatic N) is 3. The molecule has 3 aliphatic heterocycles. The fourth-order valence-corrected chi connectivity index (χ4v) is 4.82. The van der Waals surface area contributed by atoms with Gasteiger partial charge in [0.15, 0.2) is 0 Å². The van der Waals surface area contributed by atoms with E-state index in [0.717, 1.165) is 12.1 Å². The number of ether oxygens (including phenoxy) is 2. The molecule has 34 heavy (non-hydrogen) atoms. The lowest BCUT2D eigenvalue weighted by Crippen LogP contribution is -2.58. The number of rotatable bonds is 5. The first-order chi connectivity index (χ1) is 16.3. The third-order valence-electron chi connectivity index (χ3n) is 6.67. The van der Waals surface area contributed by atoms with Gasteiger partial charge in [-0.1, -0.05) is 6.07 Å². The monoisotopic (exact) mass is 488 g/mol. The minimum atomic E-state index is -4.40. The number of alkyl halides is 3. The Morgan fingerprint density at radius 2 is 1.79 bits per heavy atom. The summed E-state index contributed by atoms with van der Waals surface area (Å²) in [6.45, 7) is 3.72. The number of amides is 2. The van der Waals surface area contributed by atoms with Crippen molar-refractivity contribution >= 4 is 11.7 Å². The van der Waals surface area contributed by atoms with Crippen LogP contribution in [-0.2, 0) is 15.7 Å². The predicted octanol–water partition coefficient (Wildman–Crippen LogP) is 0.358. The van der Waals surface area contributed by atoms with Crippen LogP contribution in [0.15, 0.2) is 24.3 Å². The second kappa shape index (κ2) is 10.6. The van der Waals surface area contributed by atoms with E-state index in [2.05, 4.69) is 5.32 Å². The lowest BCUT2D eigenvalue weighted by Gasteiger charge is -2.41. The highest BCUT2D eigenvalue weighted by atomic mass is 19.4.